The summed E-state index contributed by atoms with van der Waals surface area (Å²) >= 11 is 0. The third-order valence-corrected chi connectivity index (χ3v) is 3.42. The van der Waals surface area contributed by atoms with Crippen molar-refractivity contribution in [2.75, 3.05) is 25.6 Å². The maximum Gasteiger partial charge on any atom is 0.271 e. The van der Waals surface area contributed by atoms with Crippen LogP contribution < -0.4 is 5.73 Å². The smallest absolute Gasteiger partial charge is 0.271 e. The highest BCUT2D eigenvalue weighted by atomic mass is 19.1. The van der Waals surface area contributed by atoms with E-state index in [9.17, 15) is 8.78 Å². The minimum absolute atomic E-state index is 0.0489. The predicted octanol–water partition coefficient (Wildman–Crippen LogP) is 3.00. The molecule has 0 saturated carbocycles. The highest BCUT2D eigenvalue weighted by Crippen LogP contribution is 2.17. The van der Waals surface area contributed by atoms with Gasteiger partial charge in [0, 0.05) is 32.0 Å². The van der Waals surface area contributed by atoms with E-state index in [1.165, 1.54) is 35.3 Å². The molecule has 1 heterocycles. The predicted molar refractivity (Wildman–Crippen MR) is 112 cm³/mol. The third-order valence-electron chi connectivity index (χ3n) is 3.42. The van der Waals surface area contributed by atoms with Gasteiger partial charge in [-0.05, 0) is 55.5 Å². The van der Waals surface area contributed by atoms with Crippen LogP contribution in [0.25, 0.3) is 5.69 Å². The molecule has 3 rings (SSSR count). The van der Waals surface area contributed by atoms with Gasteiger partial charge in [-0.2, -0.15) is 4.68 Å². The lowest BCUT2D eigenvalue weighted by Crippen LogP contribution is -2.20. The Labute approximate surface area is 184 Å². The highest BCUT2D eigenvalue weighted by molar-refractivity contribution is 5.42. The van der Waals surface area contributed by atoms with E-state index in [4.69, 9.17) is 30.2 Å². The van der Waals surface area contributed by atoms with Gasteiger partial charge in [0.1, 0.15) is 29.3 Å². The molecule has 10 nitrogen and oxygen atoms in total. The van der Waals surface area contributed by atoms with Gasteiger partial charge in [-0.15, -0.1) is 5.10 Å². The summed E-state index contributed by atoms with van der Waals surface area (Å²) in [6.45, 7) is 7.10. The molecule has 0 aliphatic rings. The number of aromatic nitrogens is 4. The van der Waals surface area contributed by atoms with Gasteiger partial charge in [0.05, 0.1) is 5.69 Å². The van der Waals surface area contributed by atoms with Crippen molar-refractivity contribution in [3.8, 4) is 17.2 Å². The van der Waals surface area contributed by atoms with Crippen molar-refractivity contribution in [3.05, 3.63) is 54.4 Å². The third kappa shape index (κ3) is 9.64. The van der Waals surface area contributed by atoms with Gasteiger partial charge in [0.2, 0.25) is 0 Å². The Balaban J connectivity index is 0.000000246. The molecule has 176 valence electrons. The summed E-state index contributed by atoms with van der Waals surface area (Å²) < 4.78 is 41.8. The molecular formula is C20H27F2N5O5. The van der Waals surface area contributed by atoms with E-state index in [-0.39, 0.29) is 22.9 Å². The summed E-state index contributed by atoms with van der Waals surface area (Å²) in [5, 5.41) is 27.8. The van der Waals surface area contributed by atoms with Crippen molar-refractivity contribution in [1.29, 1.82) is 0 Å². The number of nitrogen functional groups attached to an aromatic ring is 1. The van der Waals surface area contributed by atoms with E-state index in [1.807, 2.05) is 20.8 Å². The summed E-state index contributed by atoms with van der Waals surface area (Å²) in [6.07, 6.45) is 1.27. The van der Waals surface area contributed by atoms with Gasteiger partial charge in [0.15, 0.2) is 5.82 Å². The van der Waals surface area contributed by atoms with Gasteiger partial charge in [-0.1, -0.05) is 0 Å². The molecule has 1 aromatic heterocycles. The van der Waals surface area contributed by atoms with Crippen LogP contribution in [0.4, 0.5) is 14.5 Å². The van der Waals surface area contributed by atoms with Crippen molar-refractivity contribution >= 4 is 5.69 Å². The largest absolute Gasteiger partial charge is 0.508 e. The topological polar surface area (TPSA) is 138 Å². The zero-order chi connectivity index (χ0) is 23.9. The molecule has 0 saturated heterocycles. The summed E-state index contributed by atoms with van der Waals surface area (Å²) in [7, 11) is 0. The summed E-state index contributed by atoms with van der Waals surface area (Å²) in [4.78, 5) is 0. The fourth-order valence-electron chi connectivity index (χ4n) is 2.02. The molecule has 0 aliphatic carbocycles. The molecule has 0 unspecified atom stereocenters. The maximum atomic E-state index is 13.1. The SMILES string of the molecule is CCOC(OCC)OCC.Nc1ccc(O)cc1F.Oc1ccc(-n2cnnn2)c(F)c1. The number of tetrazole rings is 1. The molecule has 0 spiro atoms. The van der Waals surface area contributed by atoms with Crippen molar-refractivity contribution in [1.82, 2.24) is 20.2 Å². The first kappa shape index (κ1) is 26.7. The van der Waals surface area contributed by atoms with Crippen LogP contribution in [-0.4, -0.2) is 56.7 Å². The second-order valence-electron chi connectivity index (χ2n) is 5.75. The molecule has 2 aromatic carbocycles. The minimum Gasteiger partial charge on any atom is -0.508 e. The standard InChI is InChI=1S/C7H5FN4O.C7H16O3.C6H6FNO/c8-6-3-5(13)1-2-7(6)12-4-9-10-11-12;1-4-8-7(9-5-2)10-6-3;7-5-3-4(9)1-2-6(5)8/h1-4,13H;7H,4-6H2,1-3H3;1-3,9H,8H2. The zero-order valence-corrected chi connectivity index (χ0v) is 18.0. The average Bonchev–Trinajstić information content (AvgIpc) is 3.27. The lowest BCUT2D eigenvalue weighted by Gasteiger charge is -2.15. The Hall–Kier alpha value is -3.35. The van der Waals surface area contributed by atoms with Crippen LogP contribution >= 0.6 is 0 Å². The molecular weight excluding hydrogens is 428 g/mol. The number of benzene rings is 2. The van der Waals surface area contributed by atoms with Gasteiger partial charge in [-0.25, -0.2) is 8.78 Å². The number of anilines is 1. The average molecular weight is 455 g/mol. The zero-order valence-electron chi connectivity index (χ0n) is 18.0. The van der Waals surface area contributed by atoms with E-state index in [1.54, 1.807) is 0 Å². The number of hydrogen-bond acceptors (Lipinski definition) is 9. The van der Waals surface area contributed by atoms with Crippen molar-refractivity contribution in [2.24, 2.45) is 0 Å². The Morgan fingerprint density at radius 2 is 1.44 bits per heavy atom. The summed E-state index contributed by atoms with van der Waals surface area (Å²) in [6, 6.07) is 7.36. The maximum absolute atomic E-state index is 13.1. The minimum atomic E-state index is -0.588. The number of ether oxygens (including phenoxy) is 3. The Bertz CT molecular complexity index is 901. The highest BCUT2D eigenvalue weighted by Gasteiger charge is 2.06. The van der Waals surface area contributed by atoms with Crippen LogP contribution in [0.15, 0.2) is 42.7 Å². The molecule has 12 heteroatoms. The van der Waals surface area contributed by atoms with E-state index >= 15 is 0 Å². The molecule has 0 amide bonds. The number of hydrogen-bond donors (Lipinski definition) is 3. The Morgan fingerprint density at radius 1 is 0.906 bits per heavy atom. The van der Waals surface area contributed by atoms with E-state index in [2.05, 4.69) is 15.5 Å². The number of nitrogens with zero attached hydrogens (tertiary/aromatic N) is 4. The van der Waals surface area contributed by atoms with Crippen LogP contribution in [0.1, 0.15) is 20.8 Å². The number of nitrogens with two attached hydrogens (primary N) is 1. The van der Waals surface area contributed by atoms with Crippen LogP contribution in [0, 0.1) is 11.6 Å². The summed E-state index contributed by atoms with van der Waals surface area (Å²) in [5.41, 5.74) is 5.35. The number of halogens is 2. The monoisotopic (exact) mass is 455 g/mol. The first-order valence-corrected chi connectivity index (χ1v) is 9.62. The van der Waals surface area contributed by atoms with Gasteiger partial charge < -0.3 is 30.2 Å². The molecule has 0 bridgehead atoms. The molecule has 0 aliphatic heterocycles. The molecule has 32 heavy (non-hydrogen) atoms. The quantitative estimate of drug-likeness (QED) is 0.279. The first-order chi connectivity index (χ1) is 15.3. The first-order valence-electron chi connectivity index (χ1n) is 9.62. The normalized spacial score (nSPS) is 10.2. The number of phenols is 2. The Morgan fingerprint density at radius 3 is 1.84 bits per heavy atom. The summed E-state index contributed by atoms with van der Waals surface area (Å²) in [5.74, 6) is -1.40. The van der Waals surface area contributed by atoms with Crippen molar-refractivity contribution in [3.63, 3.8) is 0 Å². The molecule has 0 fully saturated rings. The van der Waals surface area contributed by atoms with Crippen molar-refractivity contribution < 1.29 is 33.2 Å². The van der Waals surface area contributed by atoms with Crippen LogP contribution in [0.2, 0.25) is 0 Å². The van der Waals surface area contributed by atoms with Gasteiger partial charge in [0.25, 0.3) is 6.48 Å². The number of rotatable bonds is 7. The number of phenolic OH excluding ortho intramolecular Hbond substituents is 2. The van der Waals surface area contributed by atoms with Crippen LogP contribution in [0.5, 0.6) is 11.5 Å². The second kappa shape index (κ2) is 14.6. The Kier molecular flexibility index (Phi) is 12.2. The van der Waals surface area contributed by atoms with E-state index in [0.29, 0.717) is 19.8 Å². The second-order valence-corrected chi connectivity index (χ2v) is 5.75. The van der Waals surface area contributed by atoms with Crippen LogP contribution in [0.3, 0.4) is 0 Å². The lowest BCUT2D eigenvalue weighted by atomic mass is 10.3. The molecule has 3 aromatic rings. The molecule has 0 radical (unpaired) electrons. The van der Waals surface area contributed by atoms with Crippen molar-refractivity contribution in [2.45, 2.75) is 27.2 Å². The van der Waals surface area contributed by atoms with Crippen LogP contribution in [-0.2, 0) is 14.2 Å². The fourth-order valence-corrected chi connectivity index (χ4v) is 2.02. The fraction of sp³-hybridized carbons (Fsp3) is 0.350. The van der Waals surface area contributed by atoms with E-state index in [0.717, 1.165) is 12.1 Å². The molecule has 0 atom stereocenters. The number of aromatic hydroxyl groups is 2. The van der Waals surface area contributed by atoms with E-state index < -0.39 is 18.1 Å². The lowest BCUT2D eigenvalue weighted by molar-refractivity contribution is -0.282. The van der Waals surface area contributed by atoms with Gasteiger partial charge in [-0.3, -0.25) is 0 Å². The molecule has 4 N–H and O–H groups in total. The van der Waals surface area contributed by atoms with Gasteiger partial charge >= 0.3 is 0 Å².